The normalized spacial score (nSPS) is 21.3. The number of nitrogens with two attached hydrogens (primary N) is 1. The minimum atomic E-state index is 0.108. The lowest BCUT2D eigenvalue weighted by Gasteiger charge is -2.40. The molecule has 1 heterocycles. The molecule has 0 radical (unpaired) electrons. The zero-order chi connectivity index (χ0) is 12.5. The van der Waals surface area contributed by atoms with Crippen molar-refractivity contribution in [2.24, 2.45) is 11.1 Å². The van der Waals surface area contributed by atoms with Gasteiger partial charge in [-0.1, -0.05) is 32.0 Å². The fourth-order valence-electron chi connectivity index (χ4n) is 2.79. The fourth-order valence-corrected chi connectivity index (χ4v) is 2.79. The maximum absolute atomic E-state index is 6.06. The molecule has 0 saturated carbocycles. The minimum Gasteiger partial charge on any atom is -0.371 e. The van der Waals surface area contributed by atoms with Gasteiger partial charge in [-0.3, -0.25) is 0 Å². The largest absolute Gasteiger partial charge is 0.371 e. The van der Waals surface area contributed by atoms with Gasteiger partial charge in [0.05, 0.1) is 0 Å². The second-order valence-electron chi connectivity index (χ2n) is 6.04. The van der Waals surface area contributed by atoms with E-state index in [0.717, 1.165) is 13.1 Å². The molecular formula is C15H24N2. The third-order valence-corrected chi connectivity index (χ3v) is 3.67. The predicted octanol–water partition coefficient (Wildman–Crippen LogP) is 3.33. The van der Waals surface area contributed by atoms with Crippen LogP contribution in [0, 0.1) is 5.41 Å². The number of para-hydroxylation sites is 1. The van der Waals surface area contributed by atoms with Gasteiger partial charge < -0.3 is 10.6 Å². The molecule has 1 aromatic carbocycles. The minimum absolute atomic E-state index is 0.108. The van der Waals surface area contributed by atoms with Crippen LogP contribution in [0.15, 0.2) is 24.3 Å². The van der Waals surface area contributed by atoms with Crippen LogP contribution in [0.3, 0.4) is 0 Å². The van der Waals surface area contributed by atoms with Gasteiger partial charge in [0.1, 0.15) is 0 Å². The van der Waals surface area contributed by atoms with Gasteiger partial charge in [-0.05, 0) is 36.8 Å². The summed E-state index contributed by atoms with van der Waals surface area (Å²) in [5, 5.41) is 0. The number of anilines is 1. The second kappa shape index (κ2) is 4.69. The Labute approximate surface area is 105 Å². The molecule has 0 aromatic heterocycles. The van der Waals surface area contributed by atoms with E-state index in [1.54, 1.807) is 0 Å². The van der Waals surface area contributed by atoms with E-state index >= 15 is 0 Å². The van der Waals surface area contributed by atoms with Crippen LogP contribution < -0.4 is 10.6 Å². The first-order valence-electron chi connectivity index (χ1n) is 6.59. The van der Waals surface area contributed by atoms with Crippen LogP contribution in [-0.4, -0.2) is 13.1 Å². The number of hydrogen-bond donors (Lipinski definition) is 1. The Hall–Kier alpha value is -1.02. The van der Waals surface area contributed by atoms with Crippen LogP contribution in [0.5, 0.6) is 0 Å². The first kappa shape index (κ1) is 12.4. The van der Waals surface area contributed by atoms with Gasteiger partial charge >= 0.3 is 0 Å². The first-order valence-corrected chi connectivity index (χ1v) is 6.59. The highest BCUT2D eigenvalue weighted by atomic mass is 15.1. The zero-order valence-corrected chi connectivity index (χ0v) is 11.2. The van der Waals surface area contributed by atoms with E-state index in [9.17, 15) is 0 Å². The van der Waals surface area contributed by atoms with Crippen molar-refractivity contribution in [1.29, 1.82) is 0 Å². The molecule has 17 heavy (non-hydrogen) atoms. The van der Waals surface area contributed by atoms with E-state index in [0.29, 0.717) is 5.41 Å². The van der Waals surface area contributed by atoms with Crippen molar-refractivity contribution in [1.82, 2.24) is 0 Å². The van der Waals surface area contributed by atoms with Crippen LogP contribution in [0.25, 0.3) is 0 Å². The van der Waals surface area contributed by atoms with Crippen molar-refractivity contribution < 1.29 is 0 Å². The SMILES string of the molecule is CC(N)c1ccccc1N1CCCC(C)(C)C1. The molecule has 2 rings (SSSR count). The zero-order valence-electron chi connectivity index (χ0n) is 11.2. The molecule has 0 amide bonds. The first-order chi connectivity index (χ1) is 7.99. The number of piperidine rings is 1. The topological polar surface area (TPSA) is 29.3 Å². The van der Waals surface area contributed by atoms with Crippen LogP contribution >= 0.6 is 0 Å². The van der Waals surface area contributed by atoms with E-state index in [1.807, 2.05) is 0 Å². The van der Waals surface area contributed by atoms with E-state index in [2.05, 4.69) is 49.9 Å². The Morgan fingerprint density at radius 2 is 2.00 bits per heavy atom. The van der Waals surface area contributed by atoms with Gasteiger partial charge in [-0.2, -0.15) is 0 Å². The Balaban J connectivity index is 2.27. The van der Waals surface area contributed by atoms with Crippen molar-refractivity contribution >= 4 is 5.69 Å². The lowest BCUT2D eigenvalue weighted by Crippen LogP contribution is -2.40. The molecule has 1 saturated heterocycles. The molecule has 2 N–H and O–H groups in total. The summed E-state index contributed by atoms with van der Waals surface area (Å²) < 4.78 is 0. The highest BCUT2D eigenvalue weighted by Gasteiger charge is 2.27. The van der Waals surface area contributed by atoms with Gasteiger partial charge in [-0.25, -0.2) is 0 Å². The third kappa shape index (κ3) is 2.81. The summed E-state index contributed by atoms with van der Waals surface area (Å²) in [5.74, 6) is 0. The fraction of sp³-hybridized carbons (Fsp3) is 0.600. The van der Waals surface area contributed by atoms with Gasteiger partial charge in [0, 0.05) is 24.8 Å². The average molecular weight is 232 g/mol. The predicted molar refractivity (Wildman–Crippen MR) is 74.3 cm³/mol. The second-order valence-corrected chi connectivity index (χ2v) is 6.04. The van der Waals surface area contributed by atoms with Crippen LogP contribution in [0.1, 0.15) is 45.2 Å². The van der Waals surface area contributed by atoms with E-state index in [-0.39, 0.29) is 6.04 Å². The molecule has 2 heteroatoms. The van der Waals surface area contributed by atoms with E-state index in [1.165, 1.54) is 24.1 Å². The maximum Gasteiger partial charge on any atom is 0.0414 e. The van der Waals surface area contributed by atoms with E-state index in [4.69, 9.17) is 5.73 Å². The number of nitrogens with zero attached hydrogens (tertiary/aromatic N) is 1. The number of benzene rings is 1. The van der Waals surface area contributed by atoms with Crippen molar-refractivity contribution in [2.45, 2.75) is 39.7 Å². The summed E-state index contributed by atoms with van der Waals surface area (Å²) in [6.45, 7) is 9.07. The number of rotatable bonds is 2. The molecule has 0 bridgehead atoms. The average Bonchev–Trinajstić information content (AvgIpc) is 2.27. The summed E-state index contributed by atoms with van der Waals surface area (Å²) in [4.78, 5) is 2.50. The quantitative estimate of drug-likeness (QED) is 0.847. The molecule has 2 nitrogen and oxygen atoms in total. The summed E-state index contributed by atoms with van der Waals surface area (Å²) in [7, 11) is 0. The molecule has 0 aliphatic carbocycles. The maximum atomic E-state index is 6.06. The molecule has 1 aliphatic heterocycles. The lowest BCUT2D eigenvalue weighted by atomic mass is 9.83. The summed E-state index contributed by atoms with van der Waals surface area (Å²) in [5.41, 5.74) is 9.08. The smallest absolute Gasteiger partial charge is 0.0414 e. The van der Waals surface area contributed by atoms with Crippen LogP contribution in [-0.2, 0) is 0 Å². The van der Waals surface area contributed by atoms with Crippen molar-refractivity contribution in [3.8, 4) is 0 Å². The Morgan fingerprint density at radius 1 is 1.29 bits per heavy atom. The van der Waals surface area contributed by atoms with E-state index < -0.39 is 0 Å². The summed E-state index contributed by atoms with van der Waals surface area (Å²) >= 11 is 0. The summed E-state index contributed by atoms with van der Waals surface area (Å²) in [6, 6.07) is 8.66. The number of hydrogen-bond acceptors (Lipinski definition) is 2. The Bertz CT molecular complexity index is 382. The Kier molecular flexibility index (Phi) is 3.43. The van der Waals surface area contributed by atoms with Crippen molar-refractivity contribution in [3.05, 3.63) is 29.8 Å². The molecule has 0 spiro atoms. The van der Waals surface area contributed by atoms with Crippen LogP contribution in [0.4, 0.5) is 5.69 Å². The molecule has 94 valence electrons. The third-order valence-electron chi connectivity index (χ3n) is 3.67. The van der Waals surface area contributed by atoms with Crippen LogP contribution in [0.2, 0.25) is 0 Å². The van der Waals surface area contributed by atoms with Gasteiger partial charge in [0.15, 0.2) is 0 Å². The molecular weight excluding hydrogens is 208 g/mol. The molecule has 1 fully saturated rings. The van der Waals surface area contributed by atoms with Gasteiger partial charge in [-0.15, -0.1) is 0 Å². The van der Waals surface area contributed by atoms with Gasteiger partial charge in [0.25, 0.3) is 0 Å². The standard InChI is InChI=1S/C15H24N2/c1-12(16)13-7-4-5-8-14(13)17-10-6-9-15(2,3)11-17/h4-5,7-8,12H,6,9-11,16H2,1-3H3. The Morgan fingerprint density at radius 3 is 2.65 bits per heavy atom. The highest BCUT2D eigenvalue weighted by molar-refractivity contribution is 5.55. The molecule has 1 aliphatic rings. The van der Waals surface area contributed by atoms with Gasteiger partial charge in [0.2, 0.25) is 0 Å². The molecule has 1 unspecified atom stereocenters. The van der Waals surface area contributed by atoms with Crippen molar-refractivity contribution in [3.63, 3.8) is 0 Å². The van der Waals surface area contributed by atoms with Crippen molar-refractivity contribution in [2.75, 3.05) is 18.0 Å². The lowest BCUT2D eigenvalue weighted by molar-refractivity contribution is 0.292. The molecule has 1 aromatic rings. The molecule has 1 atom stereocenters. The monoisotopic (exact) mass is 232 g/mol. The highest BCUT2D eigenvalue weighted by Crippen LogP contribution is 2.34. The summed E-state index contributed by atoms with van der Waals surface area (Å²) in [6.07, 6.45) is 2.60.